The van der Waals surface area contributed by atoms with Gasteiger partial charge in [0.15, 0.2) is 12.4 Å². The third-order valence-electron chi connectivity index (χ3n) is 4.37. The zero-order chi connectivity index (χ0) is 15.1. The molecule has 0 unspecified atom stereocenters. The molecular weight excluding hydrogens is 268 g/mol. The van der Waals surface area contributed by atoms with Crippen molar-refractivity contribution in [2.45, 2.75) is 0 Å². The van der Waals surface area contributed by atoms with E-state index in [0.717, 1.165) is 0 Å². The maximum Gasteiger partial charge on any atom is 0.212 e. The van der Waals surface area contributed by atoms with Crippen LogP contribution in [0.2, 0.25) is 0 Å². The molecule has 2 heterocycles. The van der Waals surface area contributed by atoms with Gasteiger partial charge in [0.25, 0.3) is 0 Å². The molecule has 2 aromatic carbocycles. The number of benzene rings is 2. The van der Waals surface area contributed by atoms with Crippen LogP contribution in [0.15, 0.2) is 73.1 Å². The molecule has 22 heavy (non-hydrogen) atoms. The van der Waals surface area contributed by atoms with Crippen molar-refractivity contribution in [1.29, 1.82) is 0 Å². The number of para-hydroxylation sites is 2. The smallest absolute Gasteiger partial charge is 0.201 e. The van der Waals surface area contributed by atoms with E-state index in [1.807, 2.05) is 0 Å². The number of nitrogens with zero attached hydrogens (tertiary/aromatic N) is 2. The topological polar surface area (TPSA) is 7.76 Å². The first-order valence-corrected chi connectivity index (χ1v) is 7.51. The molecule has 0 aliphatic rings. The average molecular weight is 286 g/mol. The average Bonchev–Trinajstić information content (AvgIpc) is 2.57. The van der Waals surface area contributed by atoms with Crippen molar-refractivity contribution < 1.29 is 9.13 Å². The Morgan fingerprint density at radius 2 is 0.955 bits per heavy atom. The molecule has 0 bridgehead atoms. The van der Waals surface area contributed by atoms with E-state index in [0.29, 0.717) is 0 Å². The lowest BCUT2D eigenvalue weighted by molar-refractivity contribution is -0.645. The van der Waals surface area contributed by atoms with E-state index in [2.05, 4.69) is 96.3 Å². The molecule has 0 aliphatic carbocycles. The van der Waals surface area contributed by atoms with Gasteiger partial charge in [-0.3, -0.25) is 0 Å². The minimum Gasteiger partial charge on any atom is -0.201 e. The van der Waals surface area contributed by atoms with Gasteiger partial charge in [0.1, 0.15) is 14.1 Å². The molecule has 2 heteroatoms. The molecule has 4 rings (SSSR count). The normalized spacial score (nSPS) is 11.2. The third-order valence-corrected chi connectivity index (χ3v) is 4.37. The van der Waals surface area contributed by atoms with Gasteiger partial charge in [0, 0.05) is 35.4 Å². The van der Waals surface area contributed by atoms with Gasteiger partial charge in [-0.05, 0) is 12.1 Å². The second-order valence-corrected chi connectivity index (χ2v) is 5.71. The van der Waals surface area contributed by atoms with Crippen molar-refractivity contribution in [3.63, 3.8) is 0 Å². The molecule has 0 radical (unpaired) electrons. The first-order chi connectivity index (χ1) is 10.8. The Morgan fingerprint density at radius 3 is 1.41 bits per heavy atom. The summed E-state index contributed by atoms with van der Waals surface area (Å²) in [6, 6.07) is 21.6. The van der Waals surface area contributed by atoms with E-state index < -0.39 is 0 Å². The van der Waals surface area contributed by atoms with E-state index in [4.69, 9.17) is 0 Å². The number of hydrogen-bond acceptors (Lipinski definition) is 0. The molecule has 0 spiro atoms. The van der Waals surface area contributed by atoms with E-state index in [-0.39, 0.29) is 0 Å². The molecular formula is C20H18N2+2. The summed E-state index contributed by atoms with van der Waals surface area (Å²) in [5.74, 6) is 0. The maximum atomic E-state index is 2.21. The quantitative estimate of drug-likeness (QED) is 0.474. The molecule has 0 aliphatic heterocycles. The van der Waals surface area contributed by atoms with Crippen LogP contribution >= 0.6 is 0 Å². The van der Waals surface area contributed by atoms with Crippen LogP contribution in [0.1, 0.15) is 0 Å². The van der Waals surface area contributed by atoms with E-state index in [9.17, 15) is 0 Å². The summed E-state index contributed by atoms with van der Waals surface area (Å²) >= 11 is 0. The van der Waals surface area contributed by atoms with Gasteiger partial charge in [0.2, 0.25) is 11.0 Å². The molecule has 0 N–H and O–H groups in total. The summed E-state index contributed by atoms with van der Waals surface area (Å²) in [4.78, 5) is 0. The SMILES string of the molecule is C[n+]1ccc(-c2cc[n+](C)c3ccccc23)c2ccccc21. The van der Waals surface area contributed by atoms with Gasteiger partial charge in [-0.1, -0.05) is 24.3 Å². The first-order valence-electron chi connectivity index (χ1n) is 7.51. The molecule has 0 atom stereocenters. The Bertz CT molecular complexity index is 920. The Hall–Kier alpha value is -2.74. The van der Waals surface area contributed by atoms with Crippen molar-refractivity contribution in [2.75, 3.05) is 0 Å². The lowest BCUT2D eigenvalue weighted by atomic mass is 9.98. The lowest BCUT2D eigenvalue weighted by Gasteiger charge is -2.08. The van der Waals surface area contributed by atoms with Gasteiger partial charge in [-0.15, -0.1) is 0 Å². The zero-order valence-electron chi connectivity index (χ0n) is 12.8. The number of aryl methyl sites for hydroxylation is 2. The van der Waals surface area contributed by atoms with Gasteiger partial charge in [-0.2, -0.15) is 0 Å². The van der Waals surface area contributed by atoms with Crippen LogP contribution < -0.4 is 9.13 Å². The molecule has 0 fully saturated rings. The Labute approximate surface area is 129 Å². The van der Waals surface area contributed by atoms with Crippen LogP contribution in [0.25, 0.3) is 32.9 Å². The molecule has 0 saturated carbocycles. The van der Waals surface area contributed by atoms with Crippen molar-refractivity contribution in [2.24, 2.45) is 14.1 Å². The van der Waals surface area contributed by atoms with E-state index in [1.54, 1.807) is 0 Å². The fourth-order valence-electron chi connectivity index (χ4n) is 3.20. The number of hydrogen-bond donors (Lipinski definition) is 0. The maximum absolute atomic E-state index is 2.21. The standard InChI is InChI=1S/C20H18N2/c1-21-13-11-15(17-7-3-5-9-19(17)21)16-12-14-22(2)20-10-6-4-8-18(16)20/h3-14H,1-2H3/q+2. The Balaban J connectivity index is 2.13. The van der Waals surface area contributed by atoms with E-state index in [1.165, 1.54) is 32.9 Å². The summed E-state index contributed by atoms with van der Waals surface area (Å²) in [7, 11) is 4.18. The minimum absolute atomic E-state index is 1.25. The Morgan fingerprint density at radius 1 is 0.545 bits per heavy atom. The Kier molecular flexibility index (Phi) is 2.90. The van der Waals surface area contributed by atoms with Crippen molar-refractivity contribution in [1.82, 2.24) is 0 Å². The number of pyridine rings is 2. The second-order valence-electron chi connectivity index (χ2n) is 5.71. The van der Waals surface area contributed by atoms with Crippen molar-refractivity contribution in [3.05, 3.63) is 73.1 Å². The van der Waals surface area contributed by atoms with Crippen LogP contribution in [0.3, 0.4) is 0 Å². The fraction of sp³-hybridized carbons (Fsp3) is 0.100. The fourth-order valence-corrected chi connectivity index (χ4v) is 3.20. The van der Waals surface area contributed by atoms with E-state index >= 15 is 0 Å². The number of fused-ring (bicyclic) bond motifs is 2. The van der Waals surface area contributed by atoms with Crippen molar-refractivity contribution in [3.8, 4) is 11.1 Å². The first kappa shape index (κ1) is 13.0. The van der Waals surface area contributed by atoms with Crippen LogP contribution in [0.4, 0.5) is 0 Å². The predicted molar refractivity (Wildman–Crippen MR) is 89.2 cm³/mol. The molecule has 2 aromatic heterocycles. The van der Waals surface area contributed by atoms with Gasteiger partial charge < -0.3 is 0 Å². The highest BCUT2D eigenvalue weighted by Gasteiger charge is 2.15. The van der Waals surface area contributed by atoms with Crippen LogP contribution in [0, 0.1) is 0 Å². The highest BCUT2D eigenvalue weighted by Crippen LogP contribution is 2.31. The summed E-state index contributed by atoms with van der Waals surface area (Å²) in [6.07, 6.45) is 4.28. The summed E-state index contributed by atoms with van der Waals surface area (Å²) in [5, 5.41) is 2.57. The predicted octanol–water partition coefficient (Wildman–Crippen LogP) is 3.31. The number of aromatic nitrogens is 2. The van der Waals surface area contributed by atoms with Crippen LogP contribution in [0.5, 0.6) is 0 Å². The number of rotatable bonds is 1. The zero-order valence-corrected chi connectivity index (χ0v) is 12.8. The van der Waals surface area contributed by atoms with Gasteiger partial charge in [-0.25, -0.2) is 9.13 Å². The monoisotopic (exact) mass is 286 g/mol. The lowest BCUT2D eigenvalue weighted by Crippen LogP contribution is -2.29. The highest BCUT2D eigenvalue weighted by atomic mass is 14.9. The summed E-state index contributed by atoms with van der Waals surface area (Å²) in [5.41, 5.74) is 5.06. The largest absolute Gasteiger partial charge is 0.212 e. The van der Waals surface area contributed by atoms with Crippen LogP contribution in [-0.4, -0.2) is 0 Å². The van der Waals surface area contributed by atoms with Gasteiger partial charge >= 0.3 is 0 Å². The second kappa shape index (κ2) is 4.92. The molecule has 106 valence electrons. The van der Waals surface area contributed by atoms with Crippen molar-refractivity contribution >= 4 is 21.8 Å². The summed E-state index contributed by atoms with van der Waals surface area (Å²) < 4.78 is 4.34. The molecule has 0 saturated heterocycles. The van der Waals surface area contributed by atoms with Gasteiger partial charge in [0.05, 0.1) is 10.8 Å². The van der Waals surface area contributed by atoms with Crippen LogP contribution in [-0.2, 0) is 14.1 Å². The molecule has 4 aromatic rings. The highest BCUT2D eigenvalue weighted by molar-refractivity contribution is 6.01. The molecule has 2 nitrogen and oxygen atoms in total. The third kappa shape index (κ3) is 1.88. The summed E-state index contributed by atoms with van der Waals surface area (Å²) in [6.45, 7) is 0. The minimum atomic E-state index is 1.25. The molecule has 0 amide bonds.